The van der Waals surface area contributed by atoms with Crippen molar-refractivity contribution in [3.05, 3.63) is 35.9 Å². The average Bonchev–Trinajstić information content (AvgIpc) is 2.76. The number of thioether (sulfide) groups is 1. The second-order valence-electron chi connectivity index (χ2n) is 4.91. The number of nitrogens with zero attached hydrogens (tertiary/aromatic N) is 2. The summed E-state index contributed by atoms with van der Waals surface area (Å²) in [7, 11) is 0. The molecule has 0 saturated carbocycles. The normalized spacial score (nSPS) is 20.9. The van der Waals surface area contributed by atoms with E-state index >= 15 is 0 Å². The molecular weight excluding hydrogens is 228 g/mol. The van der Waals surface area contributed by atoms with Crippen molar-refractivity contribution in [1.29, 1.82) is 0 Å². The van der Waals surface area contributed by atoms with Gasteiger partial charge in [0.2, 0.25) is 0 Å². The first kappa shape index (κ1) is 11.1. The first-order valence-electron chi connectivity index (χ1n) is 6.34. The van der Waals surface area contributed by atoms with Crippen LogP contribution in [0.5, 0.6) is 0 Å². The second kappa shape index (κ2) is 4.73. The number of aryl methyl sites for hydroxylation is 1. The van der Waals surface area contributed by atoms with E-state index in [4.69, 9.17) is 0 Å². The van der Waals surface area contributed by atoms with E-state index in [1.165, 1.54) is 41.3 Å². The number of hydrogen-bond acceptors (Lipinski definition) is 2. The van der Waals surface area contributed by atoms with Gasteiger partial charge in [0.25, 0.3) is 0 Å². The standard InChI is InChI=1S/C14H18N2S/c1-11-4-2-6-16-13(11)9-15-14(16)8-12-5-3-7-17-10-12/h2,4,6,9,12H,3,5,7-8,10H2,1H3. The number of rotatable bonds is 2. The van der Waals surface area contributed by atoms with E-state index < -0.39 is 0 Å². The highest BCUT2D eigenvalue weighted by Crippen LogP contribution is 2.25. The molecule has 90 valence electrons. The van der Waals surface area contributed by atoms with Crippen LogP contribution in [0.25, 0.3) is 5.52 Å². The Balaban J connectivity index is 1.87. The largest absolute Gasteiger partial charge is 0.303 e. The number of hydrogen-bond donors (Lipinski definition) is 0. The van der Waals surface area contributed by atoms with E-state index in [9.17, 15) is 0 Å². The fourth-order valence-corrected chi connectivity index (χ4v) is 3.75. The summed E-state index contributed by atoms with van der Waals surface area (Å²) in [6.07, 6.45) is 8.03. The summed E-state index contributed by atoms with van der Waals surface area (Å²) in [6, 6.07) is 4.26. The first-order chi connectivity index (χ1) is 8.34. The minimum absolute atomic E-state index is 0.819. The maximum atomic E-state index is 4.60. The van der Waals surface area contributed by atoms with Crippen molar-refractivity contribution >= 4 is 17.3 Å². The molecule has 2 nitrogen and oxygen atoms in total. The van der Waals surface area contributed by atoms with Gasteiger partial charge >= 0.3 is 0 Å². The molecule has 17 heavy (non-hydrogen) atoms. The van der Waals surface area contributed by atoms with E-state index in [0.717, 1.165) is 12.3 Å². The van der Waals surface area contributed by atoms with E-state index in [-0.39, 0.29) is 0 Å². The third kappa shape index (κ3) is 2.21. The molecule has 1 unspecified atom stereocenters. The van der Waals surface area contributed by atoms with Crippen LogP contribution in [-0.4, -0.2) is 20.9 Å². The van der Waals surface area contributed by atoms with Gasteiger partial charge in [-0.1, -0.05) is 6.07 Å². The van der Waals surface area contributed by atoms with Crippen molar-refractivity contribution in [2.24, 2.45) is 5.92 Å². The third-order valence-electron chi connectivity index (χ3n) is 3.58. The monoisotopic (exact) mass is 246 g/mol. The number of imidazole rings is 1. The Labute approximate surface area is 106 Å². The Kier molecular flexibility index (Phi) is 3.10. The van der Waals surface area contributed by atoms with Gasteiger partial charge in [0.05, 0.1) is 11.7 Å². The van der Waals surface area contributed by atoms with Gasteiger partial charge in [-0.2, -0.15) is 11.8 Å². The predicted octanol–water partition coefficient (Wildman–Crippen LogP) is 3.33. The predicted molar refractivity (Wildman–Crippen MR) is 73.7 cm³/mol. The van der Waals surface area contributed by atoms with E-state index in [0.29, 0.717) is 0 Å². The molecule has 0 aliphatic carbocycles. The molecule has 2 aromatic rings. The van der Waals surface area contributed by atoms with Crippen LogP contribution >= 0.6 is 11.8 Å². The summed E-state index contributed by atoms with van der Waals surface area (Å²) in [4.78, 5) is 4.60. The molecule has 1 atom stereocenters. The lowest BCUT2D eigenvalue weighted by Crippen LogP contribution is -2.14. The second-order valence-corrected chi connectivity index (χ2v) is 6.06. The lowest BCUT2D eigenvalue weighted by Gasteiger charge is -2.20. The van der Waals surface area contributed by atoms with Gasteiger partial charge in [0, 0.05) is 12.6 Å². The molecule has 1 aliphatic rings. The Morgan fingerprint density at radius 1 is 1.53 bits per heavy atom. The van der Waals surface area contributed by atoms with E-state index in [2.05, 4.69) is 46.4 Å². The molecule has 0 aromatic carbocycles. The molecular formula is C14H18N2S. The minimum Gasteiger partial charge on any atom is -0.303 e. The van der Waals surface area contributed by atoms with Crippen LogP contribution < -0.4 is 0 Å². The highest BCUT2D eigenvalue weighted by atomic mass is 32.2. The van der Waals surface area contributed by atoms with Gasteiger partial charge in [-0.15, -0.1) is 0 Å². The molecule has 0 spiro atoms. The molecule has 0 N–H and O–H groups in total. The molecule has 1 aliphatic heterocycles. The molecule has 3 heterocycles. The fraction of sp³-hybridized carbons (Fsp3) is 0.500. The van der Waals surface area contributed by atoms with Crippen LogP contribution in [0.1, 0.15) is 24.2 Å². The first-order valence-corrected chi connectivity index (χ1v) is 7.49. The van der Waals surface area contributed by atoms with Gasteiger partial charge in [0.15, 0.2) is 0 Å². The minimum atomic E-state index is 0.819. The molecule has 0 amide bonds. The molecule has 3 heteroatoms. The fourth-order valence-electron chi connectivity index (χ4n) is 2.59. The maximum absolute atomic E-state index is 4.60. The molecule has 3 rings (SSSR count). The number of fused-ring (bicyclic) bond motifs is 1. The van der Waals surface area contributed by atoms with Crippen LogP contribution in [0.2, 0.25) is 0 Å². The number of aromatic nitrogens is 2. The summed E-state index contributed by atoms with van der Waals surface area (Å²) < 4.78 is 2.26. The quantitative estimate of drug-likeness (QED) is 0.808. The highest BCUT2D eigenvalue weighted by Gasteiger charge is 2.16. The Morgan fingerprint density at radius 2 is 2.47 bits per heavy atom. The zero-order valence-corrected chi connectivity index (χ0v) is 11.0. The van der Waals surface area contributed by atoms with E-state index in [1.54, 1.807) is 0 Å². The molecule has 1 saturated heterocycles. The van der Waals surface area contributed by atoms with Gasteiger partial charge in [-0.25, -0.2) is 4.98 Å². The van der Waals surface area contributed by atoms with Crippen molar-refractivity contribution < 1.29 is 0 Å². The van der Waals surface area contributed by atoms with Crippen LogP contribution in [0, 0.1) is 12.8 Å². The van der Waals surface area contributed by atoms with Crippen LogP contribution in [0.15, 0.2) is 24.5 Å². The third-order valence-corrected chi connectivity index (χ3v) is 4.87. The maximum Gasteiger partial charge on any atom is 0.113 e. The lowest BCUT2D eigenvalue weighted by molar-refractivity contribution is 0.507. The van der Waals surface area contributed by atoms with Crippen molar-refractivity contribution in [1.82, 2.24) is 9.38 Å². The van der Waals surface area contributed by atoms with Gasteiger partial charge < -0.3 is 4.40 Å². The smallest absolute Gasteiger partial charge is 0.113 e. The summed E-state index contributed by atoms with van der Waals surface area (Å²) in [5, 5.41) is 0. The average molecular weight is 246 g/mol. The Bertz CT molecular complexity index is 512. The summed E-state index contributed by atoms with van der Waals surface area (Å²) in [5.41, 5.74) is 2.57. The van der Waals surface area contributed by atoms with E-state index in [1.807, 2.05) is 6.20 Å². The molecule has 0 bridgehead atoms. The van der Waals surface area contributed by atoms with Crippen molar-refractivity contribution in [3.63, 3.8) is 0 Å². The molecule has 1 fully saturated rings. The van der Waals surface area contributed by atoms with Crippen molar-refractivity contribution in [2.75, 3.05) is 11.5 Å². The summed E-state index contributed by atoms with van der Waals surface area (Å²) in [6.45, 7) is 2.15. The van der Waals surface area contributed by atoms with Crippen LogP contribution in [0.3, 0.4) is 0 Å². The van der Waals surface area contributed by atoms with Gasteiger partial charge in [-0.05, 0) is 48.8 Å². The number of pyridine rings is 1. The van der Waals surface area contributed by atoms with Crippen LogP contribution in [0.4, 0.5) is 0 Å². The zero-order valence-electron chi connectivity index (χ0n) is 10.2. The lowest BCUT2D eigenvalue weighted by atomic mass is 10.0. The van der Waals surface area contributed by atoms with Crippen molar-refractivity contribution in [2.45, 2.75) is 26.2 Å². The zero-order chi connectivity index (χ0) is 11.7. The highest BCUT2D eigenvalue weighted by molar-refractivity contribution is 7.99. The van der Waals surface area contributed by atoms with Gasteiger partial charge in [-0.3, -0.25) is 0 Å². The summed E-state index contributed by atoms with van der Waals surface area (Å²) >= 11 is 2.10. The Morgan fingerprint density at radius 3 is 3.29 bits per heavy atom. The Hall–Kier alpha value is -0.960. The van der Waals surface area contributed by atoms with Crippen molar-refractivity contribution in [3.8, 4) is 0 Å². The van der Waals surface area contributed by atoms with Crippen LogP contribution in [-0.2, 0) is 6.42 Å². The molecule has 2 aromatic heterocycles. The summed E-state index contributed by atoms with van der Waals surface area (Å²) in [5.74, 6) is 4.70. The topological polar surface area (TPSA) is 17.3 Å². The SMILES string of the molecule is Cc1cccn2c(CC3CCCSC3)ncc12. The molecule has 0 radical (unpaired) electrons. The van der Waals surface area contributed by atoms with Gasteiger partial charge in [0.1, 0.15) is 5.82 Å².